The van der Waals surface area contributed by atoms with Crippen molar-refractivity contribution in [3.05, 3.63) is 41.5 Å². The lowest BCUT2D eigenvalue weighted by Crippen LogP contribution is -2.32. The fraction of sp³-hybridized carbons (Fsp3) is 0.412. The molecule has 1 aromatic heterocycles. The van der Waals surface area contributed by atoms with Gasteiger partial charge < -0.3 is 19.9 Å². The maximum atomic E-state index is 12.4. The molecule has 0 aliphatic heterocycles. The summed E-state index contributed by atoms with van der Waals surface area (Å²) in [5.74, 6) is -2.16. The van der Waals surface area contributed by atoms with E-state index in [4.69, 9.17) is 4.74 Å². The second-order valence-electron chi connectivity index (χ2n) is 5.72. The topological polar surface area (TPSA) is 106 Å². The summed E-state index contributed by atoms with van der Waals surface area (Å²) >= 11 is 0. The van der Waals surface area contributed by atoms with E-state index in [1.54, 1.807) is 31.2 Å². The first-order valence-electron chi connectivity index (χ1n) is 8.36. The predicted molar refractivity (Wildman–Crippen MR) is 89.9 cm³/mol. The van der Waals surface area contributed by atoms with Crippen LogP contribution >= 0.6 is 0 Å². The average Bonchev–Trinajstić information content (AvgIpc) is 3.09. The van der Waals surface area contributed by atoms with E-state index in [9.17, 15) is 22.8 Å². The number of carbonyl (C=O) groups is 2. The fourth-order valence-electron chi connectivity index (χ4n) is 2.42. The minimum absolute atomic E-state index is 0.159. The van der Waals surface area contributed by atoms with Gasteiger partial charge in [0.25, 0.3) is 0 Å². The number of rotatable bonds is 8. The number of amides is 2. The highest BCUT2D eigenvalue weighted by molar-refractivity contribution is 5.79. The van der Waals surface area contributed by atoms with E-state index in [0.29, 0.717) is 17.9 Å². The van der Waals surface area contributed by atoms with Crippen LogP contribution in [0, 0.1) is 0 Å². The summed E-state index contributed by atoms with van der Waals surface area (Å²) in [5.41, 5.74) is 0.605. The molecule has 1 atom stereocenters. The number of hydrogen-bond acceptors (Lipinski definition) is 6. The summed E-state index contributed by atoms with van der Waals surface area (Å²) in [6, 6.07) is 6.24. The Morgan fingerprint density at radius 3 is 2.61 bits per heavy atom. The van der Waals surface area contributed by atoms with Gasteiger partial charge in [-0.2, -0.15) is 18.2 Å². The van der Waals surface area contributed by atoms with Crippen LogP contribution in [-0.4, -0.2) is 28.6 Å². The molecule has 152 valence electrons. The third-order valence-electron chi connectivity index (χ3n) is 3.52. The molecular formula is C17H19F3N4O4. The number of nitrogens with zero attached hydrogens (tertiary/aromatic N) is 2. The van der Waals surface area contributed by atoms with Crippen LogP contribution in [0.1, 0.15) is 43.6 Å². The number of hydrogen-bond donors (Lipinski definition) is 2. The molecule has 1 aromatic carbocycles. The zero-order valence-corrected chi connectivity index (χ0v) is 15.2. The van der Waals surface area contributed by atoms with Gasteiger partial charge in [0.1, 0.15) is 5.75 Å². The maximum Gasteiger partial charge on any atom is 0.471 e. The molecule has 1 heterocycles. The highest BCUT2D eigenvalue weighted by Crippen LogP contribution is 2.28. The number of nitrogens with one attached hydrogen (secondary N) is 2. The second kappa shape index (κ2) is 9.20. The third kappa shape index (κ3) is 5.96. The fourth-order valence-corrected chi connectivity index (χ4v) is 2.42. The normalized spacial score (nSPS) is 12.3. The molecule has 8 nitrogen and oxygen atoms in total. The van der Waals surface area contributed by atoms with Crippen molar-refractivity contribution in [1.29, 1.82) is 0 Å². The van der Waals surface area contributed by atoms with Crippen LogP contribution in [0.5, 0.6) is 5.75 Å². The van der Waals surface area contributed by atoms with E-state index in [-0.39, 0.29) is 24.7 Å². The summed E-state index contributed by atoms with van der Waals surface area (Å²) in [4.78, 5) is 26.9. The molecule has 0 radical (unpaired) electrons. The first-order valence-corrected chi connectivity index (χ1v) is 8.36. The van der Waals surface area contributed by atoms with Crippen LogP contribution < -0.4 is 15.4 Å². The number of alkyl halides is 3. The minimum atomic E-state index is -4.76. The number of halogens is 3. The standard InChI is InChI=1S/C17H19F3N4O4/c1-3-27-13-7-5-4-6-11(13)12(22-10(2)25)8-15(26)21-9-14-23-16(28-24-14)17(18,19)20/h4-7,12H,3,8-9H2,1-2H3,(H,21,26)(H,22,25)/t12-/m0/s1. The van der Waals surface area contributed by atoms with Crippen molar-refractivity contribution in [2.75, 3.05) is 6.61 Å². The van der Waals surface area contributed by atoms with Crippen molar-refractivity contribution in [3.8, 4) is 5.75 Å². The molecule has 0 fully saturated rings. The molecular weight excluding hydrogens is 381 g/mol. The molecule has 2 rings (SSSR count). The average molecular weight is 400 g/mol. The first kappa shape index (κ1) is 21.2. The van der Waals surface area contributed by atoms with Crippen LogP contribution in [0.2, 0.25) is 0 Å². The number of benzene rings is 1. The number of carbonyl (C=O) groups excluding carboxylic acids is 2. The predicted octanol–water partition coefficient (Wildman–Crippen LogP) is 2.37. The maximum absolute atomic E-state index is 12.4. The lowest BCUT2D eigenvalue weighted by molar-refractivity contribution is -0.159. The third-order valence-corrected chi connectivity index (χ3v) is 3.52. The molecule has 0 bridgehead atoms. The van der Waals surface area contributed by atoms with Crippen molar-refractivity contribution >= 4 is 11.8 Å². The van der Waals surface area contributed by atoms with E-state index >= 15 is 0 Å². The molecule has 0 saturated heterocycles. The van der Waals surface area contributed by atoms with Crippen molar-refractivity contribution < 1.29 is 32.0 Å². The molecule has 0 spiro atoms. The van der Waals surface area contributed by atoms with Crippen molar-refractivity contribution in [2.24, 2.45) is 0 Å². The van der Waals surface area contributed by atoms with Crippen molar-refractivity contribution in [2.45, 2.75) is 39.0 Å². The monoisotopic (exact) mass is 400 g/mol. The van der Waals surface area contributed by atoms with E-state index < -0.39 is 24.0 Å². The number of ether oxygens (including phenoxy) is 1. The van der Waals surface area contributed by atoms with Gasteiger partial charge in [-0.1, -0.05) is 23.4 Å². The summed E-state index contributed by atoms with van der Waals surface area (Å²) < 4.78 is 47.0. The molecule has 0 saturated carbocycles. The van der Waals surface area contributed by atoms with E-state index in [0.717, 1.165) is 0 Å². The Morgan fingerprint density at radius 2 is 2.00 bits per heavy atom. The zero-order chi connectivity index (χ0) is 20.7. The molecule has 2 aromatic rings. The number of para-hydroxylation sites is 1. The highest BCUT2D eigenvalue weighted by Gasteiger charge is 2.38. The van der Waals surface area contributed by atoms with Gasteiger partial charge in [0, 0.05) is 12.5 Å². The molecule has 28 heavy (non-hydrogen) atoms. The van der Waals surface area contributed by atoms with Gasteiger partial charge in [0.05, 0.1) is 25.6 Å². The molecule has 0 aliphatic rings. The van der Waals surface area contributed by atoms with Crippen LogP contribution in [0.3, 0.4) is 0 Å². The Kier molecular flexibility index (Phi) is 6.96. The summed E-state index contributed by atoms with van der Waals surface area (Å²) in [5, 5.41) is 8.24. The lowest BCUT2D eigenvalue weighted by atomic mass is 10.0. The SMILES string of the molecule is CCOc1ccccc1[C@H](CC(=O)NCc1noc(C(F)(F)F)n1)NC(C)=O. The first-order chi connectivity index (χ1) is 13.2. The molecule has 0 aliphatic carbocycles. The zero-order valence-electron chi connectivity index (χ0n) is 15.2. The largest absolute Gasteiger partial charge is 0.494 e. The molecule has 0 unspecified atom stereocenters. The van der Waals surface area contributed by atoms with Crippen LogP contribution in [0.15, 0.2) is 28.8 Å². The summed E-state index contributed by atoms with van der Waals surface area (Å²) in [7, 11) is 0. The van der Waals surface area contributed by atoms with Gasteiger partial charge >= 0.3 is 12.1 Å². The van der Waals surface area contributed by atoms with Gasteiger partial charge in [-0.15, -0.1) is 0 Å². The van der Waals surface area contributed by atoms with E-state index in [1.807, 2.05) is 0 Å². The Labute approximate surface area is 158 Å². The van der Waals surface area contributed by atoms with Crippen LogP contribution in [-0.2, 0) is 22.3 Å². The van der Waals surface area contributed by atoms with Crippen molar-refractivity contribution in [3.63, 3.8) is 0 Å². The Hall–Kier alpha value is -3.11. The van der Waals surface area contributed by atoms with Gasteiger partial charge in [-0.05, 0) is 13.0 Å². The Bertz CT molecular complexity index is 823. The van der Waals surface area contributed by atoms with Gasteiger partial charge in [0.15, 0.2) is 5.82 Å². The molecule has 2 N–H and O–H groups in total. The second-order valence-corrected chi connectivity index (χ2v) is 5.72. The van der Waals surface area contributed by atoms with Crippen LogP contribution in [0.25, 0.3) is 0 Å². The van der Waals surface area contributed by atoms with E-state index in [1.165, 1.54) is 6.92 Å². The Morgan fingerprint density at radius 1 is 1.29 bits per heavy atom. The Balaban J connectivity index is 2.05. The smallest absolute Gasteiger partial charge is 0.471 e. The number of aromatic nitrogens is 2. The summed E-state index contributed by atoms with van der Waals surface area (Å²) in [6.07, 6.45) is -4.91. The highest BCUT2D eigenvalue weighted by atomic mass is 19.4. The summed E-state index contributed by atoms with van der Waals surface area (Å²) in [6.45, 7) is 3.16. The van der Waals surface area contributed by atoms with Crippen LogP contribution in [0.4, 0.5) is 13.2 Å². The molecule has 11 heteroatoms. The molecule has 2 amide bonds. The minimum Gasteiger partial charge on any atom is -0.494 e. The van der Waals surface area contributed by atoms with Gasteiger partial charge in [-0.25, -0.2) is 0 Å². The van der Waals surface area contributed by atoms with E-state index in [2.05, 4.69) is 25.3 Å². The lowest BCUT2D eigenvalue weighted by Gasteiger charge is -2.20. The van der Waals surface area contributed by atoms with Gasteiger partial charge in [-0.3, -0.25) is 9.59 Å². The quantitative estimate of drug-likeness (QED) is 0.705. The van der Waals surface area contributed by atoms with Crippen molar-refractivity contribution in [1.82, 2.24) is 20.8 Å². The van der Waals surface area contributed by atoms with Gasteiger partial charge in [0.2, 0.25) is 11.8 Å².